The lowest BCUT2D eigenvalue weighted by Crippen LogP contribution is -2.61. The molecule has 0 bridgehead atoms. The van der Waals surface area contributed by atoms with Gasteiger partial charge in [-0.15, -0.1) is 0 Å². The molecule has 10 atom stereocenters. The first-order chi connectivity index (χ1) is 32.9. The number of phenols is 1. The smallest absolute Gasteiger partial charge is 0.246 e. The van der Waals surface area contributed by atoms with Crippen LogP contribution in [-0.4, -0.2) is 147 Å². The Hall–Kier alpha value is -6.15. The largest absolute Gasteiger partial charge is 0.508 e. The van der Waals surface area contributed by atoms with Crippen LogP contribution in [0.5, 0.6) is 5.75 Å². The van der Waals surface area contributed by atoms with Gasteiger partial charge in [0.25, 0.3) is 0 Å². The number of hydrogen-bond donors (Lipinski definition) is 12. The molecule has 2 fully saturated rings. The fourth-order valence-electron chi connectivity index (χ4n) is 7.43. The molecule has 1 unspecified atom stereocenters. The normalized spacial score (nSPS) is 24.6. The Bertz CT molecular complexity index is 2080. The van der Waals surface area contributed by atoms with E-state index in [0.717, 1.165) is 21.6 Å². The van der Waals surface area contributed by atoms with Crippen molar-refractivity contribution in [3.63, 3.8) is 0 Å². The molecule has 1 aromatic rings. The summed E-state index contributed by atoms with van der Waals surface area (Å²) in [5, 5.41) is 27.8. The summed E-state index contributed by atoms with van der Waals surface area (Å²) in [6.45, 7) is 8.46. The van der Waals surface area contributed by atoms with Crippen molar-refractivity contribution in [1.82, 2.24) is 42.1 Å². The molecule has 388 valence electrons. The van der Waals surface area contributed by atoms with E-state index in [0.29, 0.717) is 18.4 Å². The highest BCUT2D eigenvalue weighted by Crippen LogP contribution is 2.26. The summed E-state index contributed by atoms with van der Waals surface area (Å²) in [6, 6.07) is -6.13. The number of phenolic OH excluding ortho intramolecular Hbond substituents is 1. The first kappa shape index (κ1) is 58.2. The van der Waals surface area contributed by atoms with Crippen LogP contribution in [0.3, 0.4) is 0 Å². The molecule has 16 N–H and O–H groups in total. The predicted octanol–water partition coefficient (Wildman–Crippen LogP) is -3.22. The summed E-state index contributed by atoms with van der Waals surface area (Å²) >= 11 is 0. The van der Waals surface area contributed by atoms with Gasteiger partial charge in [0, 0.05) is 30.9 Å². The molecule has 2 saturated heterocycles. The maximum absolute atomic E-state index is 14.5. The Morgan fingerprint density at radius 3 is 1.97 bits per heavy atom. The number of primary amides is 3. The van der Waals surface area contributed by atoms with Crippen LogP contribution >= 0.6 is 21.6 Å². The van der Waals surface area contributed by atoms with E-state index in [9.17, 15) is 57.8 Å². The molecule has 0 aromatic heterocycles. The third-order valence-corrected chi connectivity index (χ3v) is 14.1. The van der Waals surface area contributed by atoms with Crippen molar-refractivity contribution < 1.29 is 57.8 Å². The molecule has 2 aliphatic rings. The highest BCUT2D eigenvalue weighted by molar-refractivity contribution is 8.76. The average molecular weight is 1020 g/mol. The van der Waals surface area contributed by atoms with Crippen LogP contribution in [0.25, 0.3) is 0 Å². The molecule has 26 heteroatoms. The van der Waals surface area contributed by atoms with E-state index < -0.39 is 145 Å². The van der Waals surface area contributed by atoms with Gasteiger partial charge in [-0.05, 0) is 62.1 Å². The van der Waals surface area contributed by atoms with Crippen LogP contribution in [0.4, 0.5) is 0 Å². The number of benzene rings is 1. The zero-order valence-electron chi connectivity index (χ0n) is 39.9. The minimum atomic E-state index is -1.75. The third-order valence-electron chi connectivity index (χ3n) is 11.6. The Balaban J connectivity index is 2.05. The van der Waals surface area contributed by atoms with Gasteiger partial charge in [-0.3, -0.25) is 52.7 Å². The lowest BCUT2D eigenvalue weighted by Gasteiger charge is -2.31. The molecule has 2 aliphatic heterocycles. The van der Waals surface area contributed by atoms with Crippen LogP contribution in [-0.2, 0) is 59.2 Å². The molecule has 1 aromatic carbocycles. The molecule has 0 spiro atoms. The first-order valence-corrected chi connectivity index (χ1v) is 25.5. The zero-order chi connectivity index (χ0) is 52.4. The summed E-state index contributed by atoms with van der Waals surface area (Å²) in [5.74, 6) is -10.4. The molecule has 24 nitrogen and oxygen atoms in total. The van der Waals surface area contributed by atoms with Crippen LogP contribution in [0.1, 0.15) is 85.1 Å². The number of carbonyl (C=O) groups excluding carboxylic acids is 11. The fourth-order valence-corrected chi connectivity index (χ4v) is 9.71. The van der Waals surface area contributed by atoms with Crippen LogP contribution in [0, 0.1) is 11.8 Å². The Kier molecular flexibility index (Phi) is 23.2. The molecular weight excluding hydrogens is 953 g/mol. The maximum Gasteiger partial charge on any atom is 0.246 e. The number of likely N-dealkylation sites (tertiary alicyclic amines) is 1. The van der Waals surface area contributed by atoms with Crippen molar-refractivity contribution in [3.8, 4) is 5.75 Å². The van der Waals surface area contributed by atoms with Gasteiger partial charge >= 0.3 is 0 Å². The number of nitrogens with two attached hydrogens (primary N) is 4. The molecular formula is C44H68N12O12S2. The van der Waals surface area contributed by atoms with Gasteiger partial charge < -0.3 is 70.2 Å². The summed E-state index contributed by atoms with van der Waals surface area (Å²) in [4.78, 5) is 149. The highest BCUT2D eigenvalue weighted by Gasteiger charge is 2.41. The van der Waals surface area contributed by atoms with Crippen molar-refractivity contribution in [3.05, 3.63) is 29.8 Å². The standard InChI is InChI=1S/C44H68N12O12S2/c1-6-22(4)35-43(67)50-27(13-14-33(46)58)38(62)52-30(18-34(47)59)40(64)54-31(20-70-69-19-26(45)37(61)51-29(41(65)55-35)17-24-9-11-25(57)12-10-24)44(68)56-15-7-8-32(56)42(66)53-28(16-21(2)3)39(63)49-23(5)36(48)60/h9-12,21-23,26-32,35,57H,6-8,13-20,45H2,1-5H3,(H2,46,58)(H2,47,59)(H2,48,60)(H,49,63)(H,50,67)(H,51,61)(H,52,62)(H,53,66)(H,54,64)(H,55,65)/t22-,23+,26+,27+,28+,29?,30+,31+,32+,35+/m1/s1. The van der Waals surface area contributed by atoms with Crippen molar-refractivity contribution in [2.45, 2.75) is 140 Å². The van der Waals surface area contributed by atoms with Crippen LogP contribution in [0.2, 0.25) is 0 Å². The summed E-state index contributed by atoms with van der Waals surface area (Å²) in [6.07, 6.45) is -0.712. The first-order valence-electron chi connectivity index (χ1n) is 23.0. The molecule has 11 amide bonds. The number of hydrogen-bond acceptors (Lipinski definition) is 15. The van der Waals surface area contributed by atoms with E-state index in [2.05, 4.69) is 37.2 Å². The zero-order valence-corrected chi connectivity index (χ0v) is 41.6. The fraction of sp³-hybridized carbons (Fsp3) is 0.614. The van der Waals surface area contributed by atoms with E-state index in [4.69, 9.17) is 22.9 Å². The van der Waals surface area contributed by atoms with Gasteiger partial charge in [0.1, 0.15) is 54.1 Å². The summed E-state index contributed by atoms with van der Waals surface area (Å²) in [5.41, 5.74) is 23.1. The van der Waals surface area contributed by atoms with Crippen LogP contribution in [0.15, 0.2) is 24.3 Å². The van der Waals surface area contributed by atoms with Gasteiger partial charge in [0.05, 0.1) is 12.5 Å². The molecule has 2 heterocycles. The minimum Gasteiger partial charge on any atom is -0.508 e. The minimum absolute atomic E-state index is 0.0467. The van der Waals surface area contributed by atoms with E-state index in [1.807, 2.05) is 13.8 Å². The number of nitrogens with zero attached hydrogens (tertiary/aromatic N) is 1. The van der Waals surface area contributed by atoms with Crippen molar-refractivity contribution in [1.29, 1.82) is 0 Å². The molecule has 0 saturated carbocycles. The lowest BCUT2D eigenvalue weighted by atomic mass is 9.96. The second kappa shape index (κ2) is 27.9. The van der Waals surface area contributed by atoms with Crippen molar-refractivity contribution in [2.75, 3.05) is 18.1 Å². The van der Waals surface area contributed by atoms with Gasteiger partial charge in [0.2, 0.25) is 65.0 Å². The van der Waals surface area contributed by atoms with Gasteiger partial charge in [-0.2, -0.15) is 0 Å². The number of nitrogens with one attached hydrogen (secondary N) is 7. The third kappa shape index (κ3) is 18.3. The van der Waals surface area contributed by atoms with Crippen LogP contribution < -0.4 is 60.2 Å². The highest BCUT2D eigenvalue weighted by atomic mass is 33.1. The molecule has 70 heavy (non-hydrogen) atoms. The van der Waals surface area contributed by atoms with E-state index in [-0.39, 0.29) is 49.0 Å². The summed E-state index contributed by atoms with van der Waals surface area (Å²) < 4.78 is 0. The maximum atomic E-state index is 14.5. The quantitative estimate of drug-likeness (QED) is 0.0683. The Morgan fingerprint density at radius 1 is 0.771 bits per heavy atom. The Labute approximate surface area is 413 Å². The molecule has 0 radical (unpaired) electrons. The van der Waals surface area contributed by atoms with Gasteiger partial charge in [-0.25, -0.2) is 0 Å². The molecule has 3 rings (SSSR count). The van der Waals surface area contributed by atoms with Crippen molar-refractivity contribution in [2.24, 2.45) is 34.8 Å². The van der Waals surface area contributed by atoms with E-state index in [1.54, 1.807) is 13.8 Å². The SMILES string of the molecule is CC[C@@H](C)[C@@H]1NC(=O)C(Cc2ccc(O)cc2)NC(=O)[C@@H](N)CSSC[C@@H](C(=O)N2CCC[C@H]2C(=O)N[C@@H](CC(C)C)C(=O)N[C@@H](C)C(N)=O)NC(=O)[C@H](CC(N)=O)NC(=O)[C@H](CCC(N)=O)NC1=O. The number of carbonyl (C=O) groups is 11. The topological polar surface area (TPSA) is 400 Å². The number of aromatic hydroxyl groups is 1. The Morgan fingerprint density at radius 2 is 1.37 bits per heavy atom. The average Bonchev–Trinajstić information content (AvgIpc) is 3.79. The van der Waals surface area contributed by atoms with Crippen molar-refractivity contribution >= 4 is 86.6 Å². The van der Waals surface area contributed by atoms with Gasteiger partial charge in [-0.1, -0.05) is 67.8 Å². The lowest BCUT2D eigenvalue weighted by molar-refractivity contribution is -0.142. The second-order valence-corrected chi connectivity index (χ2v) is 20.4. The van der Waals surface area contributed by atoms with E-state index in [1.165, 1.54) is 36.1 Å². The van der Waals surface area contributed by atoms with Gasteiger partial charge in [0.15, 0.2) is 0 Å². The number of amides is 11. The summed E-state index contributed by atoms with van der Waals surface area (Å²) in [7, 11) is 2.05. The monoisotopic (exact) mass is 1020 g/mol. The number of rotatable bonds is 17. The second-order valence-electron chi connectivity index (χ2n) is 17.9. The predicted molar refractivity (Wildman–Crippen MR) is 259 cm³/mol. The van der Waals surface area contributed by atoms with E-state index >= 15 is 0 Å². The molecule has 0 aliphatic carbocycles.